The van der Waals surface area contributed by atoms with Gasteiger partial charge in [-0.05, 0) is 25.5 Å². The van der Waals surface area contributed by atoms with Gasteiger partial charge >= 0.3 is 5.97 Å². The number of benzene rings is 1. The number of carbonyl (C=O) groups is 1. The van der Waals surface area contributed by atoms with Crippen molar-refractivity contribution in [1.29, 1.82) is 0 Å². The van der Waals surface area contributed by atoms with Crippen LogP contribution in [0.1, 0.15) is 26.1 Å². The number of carboxylic acids is 1. The zero-order chi connectivity index (χ0) is 14.0. The Kier molecular flexibility index (Phi) is 3.57. The maximum absolute atomic E-state index is 11.1. The van der Waals surface area contributed by atoms with Crippen molar-refractivity contribution in [3.05, 3.63) is 30.1 Å². The van der Waals surface area contributed by atoms with E-state index in [2.05, 4.69) is 4.98 Å². The van der Waals surface area contributed by atoms with Crippen molar-refractivity contribution in [2.45, 2.75) is 38.8 Å². The number of rotatable bonds is 5. The Hall–Kier alpha value is -1.88. The summed E-state index contributed by atoms with van der Waals surface area (Å²) >= 11 is 0. The molecule has 0 spiro atoms. The van der Waals surface area contributed by atoms with Gasteiger partial charge in [-0.1, -0.05) is 19.1 Å². The molecule has 1 unspecified atom stereocenters. The molecule has 0 aliphatic heterocycles. The Balaban J connectivity index is 2.50. The summed E-state index contributed by atoms with van der Waals surface area (Å²) in [4.78, 5) is 15.6. The molecule has 0 saturated heterocycles. The molecule has 5 nitrogen and oxygen atoms in total. The van der Waals surface area contributed by atoms with Gasteiger partial charge in [-0.3, -0.25) is 0 Å². The minimum absolute atomic E-state index is 0.00181. The number of aromatic nitrogens is 2. The first kappa shape index (κ1) is 13.5. The third-order valence-corrected chi connectivity index (χ3v) is 3.13. The average Bonchev–Trinajstić information content (AvgIpc) is 2.68. The molecule has 1 heterocycles. The van der Waals surface area contributed by atoms with Crippen molar-refractivity contribution >= 4 is 17.0 Å². The van der Waals surface area contributed by atoms with Crippen LogP contribution in [-0.2, 0) is 17.8 Å². The third-order valence-electron chi connectivity index (χ3n) is 3.13. The van der Waals surface area contributed by atoms with Crippen molar-refractivity contribution < 1.29 is 15.0 Å². The molecule has 0 aliphatic rings. The van der Waals surface area contributed by atoms with E-state index in [1.54, 1.807) is 4.57 Å². The van der Waals surface area contributed by atoms with Gasteiger partial charge in [0, 0.05) is 6.42 Å². The van der Waals surface area contributed by atoms with E-state index >= 15 is 0 Å². The van der Waals surface area contributed by atoms with Crippen molar-refractivity contribution in [2.75, 3.05) is 0 Å². The molecular weight excluding hydrogens is 244 g/mol. The highest BCUT2D eigenvalue weighted by Gasteiger charge is 2.31. The summed E-state index contributed by atoms with van der Waals surface area (Å²) in [6, 6.07) is 7.55. The average molecular weight is 262 g/mol. The normalized spacial score (nSPS) is 14.5. The number of aliphatic carboxylic acids is 1. The maximum Gasteiger partial charge on any atom is 0.337 e. The van der Waals surface area contributed by atoms with Gasteiger partial charge in [0.25, 0.3) is 0 Å². The second-order valence-corrected chi connectivity index (χ2v) is 4.93. The topological polar surface area (TPSA) is 75.3 Å². The van der Waals surface area contributed by atoms with Crippen LogP contribution in [0.2, 0.25) is 0 Å². The Morgan fingerprint density at radius 2 is 2.11 bits per heavy atom. The fourth-order valence-electron chi connectivity index (χ4n) is 2.09. The fourth-order valence-corrected chi connectivity index (χ4v) is 2.09. The van der Waals surface area contributed by atoms with Gasteiger partial charge in [0.05, 0.1) is 17.6 Å². The zero-order valence-corrected chi connectivity index (χ0v) is 11.1. The summed E-state index contributed by atoms with van der Waals surface area (Å²) in [6.45, 7) is 3.34. The highest BCUT2D eigenvalue weighted by atomic mass is 16.4. The summed E-state index contributed by atoms with van der Waals surface area (Å²) in [6.07, 6.45) is 1.67. The Labute approximate surface area is 111 Å². The lowest BCUT2D eigenvalue weighted by molar-refractivity contribution is -0.157. The second-order valence-electron chi connectivity index (χ2n) is 4.93. The summed E-state index contributed by atoms with van der Waals surface area (Å²) in [5.74, 6) is -0.419. The first-order valence-electron chi connectivity index (χ1n) is 6.35. The molecule has 0 fully saturated rings. The number of nitrogens with zero attached hydrogens (tertiary/aromatic N) is 2. The van der Waals surface area contributed by atoms with Crippen LogP contribution in [0.5, 0.6) is 0 Å². The van der Waals surface area contributed by atoms with Gasteiger partial charge in [-0.15, -0.1) is 0 Å². The van der Waals surface area contributed by atoms with Crippen LogP contribution in [0, 0.1) is 0 Å². The Bertz CT molecular complexity index is 602. The van der Waals surface area contributed by atoms with E-state index < -0.39 is 11.6 Å². The van der Waals surface area contributed by atoms with Gasteiger partial charge in [-0.2, -0.15) is 0 Å². The fraction of sp³-hybridized carbons (Fsp3) is 0.429. The predicted molar refractivity (Wildman–Crippen MR) is 72.0 cm³/mol. The standard InChI is InChI=1S/C14H18N2O3/c1-3-6-12-15-10-7-4-5-8-11(10)16(12)9-14(2,19)13(17)18/h4-5,7-8,19H,3,6,9H2,1-2H3,(H,17,18). The van der Waals surface area contributed by atoms with Gasteiger partial charge in [0.15, 0.2) is 5.60 Å². The number of aliphatic hydroxyl groups is 1. The first-order chi connectivity index (χ1) is 8.95. The van der Waals surface area contributed by atoms with Crippen LogP contribution in [0.15, 0.2) is 24.3 Å². The summed E-state index contributed by atoms with van der Waals surface area (Å²) in [5.41, 5.74) is -0.119. The van der Waals surface area contributed by atoms with Crippen LogP contribution >= 0.6 is 0 Å². The molecule has 1 atom stereocenters. The predicted octanol–water partition coefficient (Wildman–Crippen LogP) is 1.82. The number of para-hydroxylation sites is 2. The van der Waals surface area contributed by atoms with Crippen LogP contribution in [0.4, 0.5) is 0 Å². The second kappa shape index (κ2) is 5.01. The lowest BCUT2D eigenvalue weighted by Crippen LogP contribution is -2.39. The molecule has 2 N–H and O–H groups in total. The monoisotopic (exact) mass is 262 g/mol. The van der Waals surface area contributed by atoms with Crippen LogP contribution in [0.25, 0.3) is 11.0 Å². The minimum atomic E-state index is -1.80. The highest BCUT2D eigenvalue weighted by molar-refractivity contribution is 5.78. The molecular formula is C14H18N2O3. The molecule has 19 heavy (non-hydrogen) atoms. The zero-order valence-electron chi connectivity index (χ0n) is 11.1. The molecule has 2 rings (SSSR count). The van der Waals surface area contributed by atoms with Crippen molar-refractivity contribution in [2.24, 2.45) is 0 Å². The molecule has 1 aromatic heterocycles. The highest BCUT2D eigenvalue weighted by Crippen LogP contribution is 2.20. The smallest absolute Gasteiger partial charge is 0.337 e. The Morgan fingerprint density at radius 3 is 2.74 bits per heavy atom. The summed E-state index contributed by atoms with van der Waals surface area (Å²) in [5, 5.41) is 19.0. The van der Waals surface area contributed by atoms with E-state index in [4.69, 9.17) is 5.11 Å². The lowest BCUT2D eigenvalue weighted by atomic mass is 10.1. The van der Waals surface area contributed by atoms with Crippen LogP contribution in [0.3, 0.4) is 0 Å². The number of imidazole rings is 1. The molecule has 0 radical (unpaired) electrons. The van der Waals surface area contributed by atoms with E-state index in [0.717, 1.165) is 29.7 Å². The van der Waals surface area contributed by atoms with Crippen molar-refractivity contribution in [3.63, 3.8) is 0 Å². The van der Waals surface area contributed by atoms with Crippen molar-refractivity contribution in [3.8, 4) is 0 Å². The molecule has 0 bridgehead atoms. The first-order valence-corrected chi connectivity index (χ1v) is 6.35. The van der Waals surface area contributed by atoms with E-state index in [-0.39, 0.29) is 6.54 Å². The van der Waals surface area contributed by atoms with Gasteiger partial charge in [0.2, 0.25) is 0 Å². The van der Waals surface area contributed by atoms with E-state index in [1.807, 2.05) is 31.2 Å². The third kappa shape index (κ3) is 2.61. The SMILES string of the molecule is CCCc1nc2ccccc2n1CC(C)(O)C(=O)O. The number of carboxylic acid groups (broad SMARTS) is 1. The van der Waals surface area contributed by atoms with Gasteiger partial charge in [-0.25, -0.2) is 9.78 Å². The molecule has 1 aromatic carbocycles. The van der Waals surface area contributed by atoms with E-state index in [1.165, 1.54) is 6.92 Å². The Morgan fingerprint density at radius 1 is 1.42 bits per heavy atom. The summed E-state index contributed by atoms with van der Waals surface area (Å²) < 4.78 is 1.80. The summed E-state index contributed by atoms with van der Waals surface area (Å²) in [7, 11) is 0. The maximum atomic E-state index is 11.1. The molecule has 2 aromatic rings. The molecule has 0 amide bonds. The van der Waals surface area contributed by atoms with Crippen molar-refractivity contribution in [1.82, 2.24) is 9.55 Å². The largest absolute Gasteiger partial charge is 0.479 e. The molecule has 5 heteroatoms. The molecule has 102 valence electrons. The quantitative estimate of drug-likeness (QED) is 0.862. The lowest BCUT2D eigenvalue weighted by Gasteiger charge is -2.20. The number of fused-ring (bicyclic) bond motifs is 1. The van der Waals surface area contributed by atoms with Gasteiger partial charge < -0.3 is 14.8 Å². The molecule has 0 aliphatic carbocycles. The number of aryl methyl sites for hydroxylation is 1. The molecule has 0 saturated carbocycles. The number of hydrogen-bond donors (Lipinski definition) is 2. The van der Waals surface area contributed by atoms with Gasteiger partial charge in [0.1, 0.15) is 5.82 Å². The van der Waals surface area contributed by atoms with E-state index in [9.17, 15) is 9.90 Å². The van der Waals surface area contributed by atoms with E-state index in [0.29, 0.717) is 0 Å². The van der Waals surface area contributed by atoms with Crippen LogP contribution < -0.4 is 0 Å². The van der Waals surface area contributed by atoms with Crippen LogP contribution in [-0.4, -0.2) is 31.3 Å². The minimum Gasteiger partial charge on any atom is -0.479 e. The number of hydrogen-bond acceptors (Lipinski definition) is 3.